The first kappa shape index (κ1) is 7.06. The lowest BCUT2D eigenvalue weighted by molar-refractivity contribution is 0.701. The first-order chi connectivity index (χ1) is 3.27. The smallest absolute Gasteiger partial charge is 0.0725 e. The van der Waals surface area contributed by atoms with Crippen LogP contribution in [0.5, 0.6) is 0 Å². The Morgan fingerprint density at radius 2 is 2.14 bits per heavy atom. The van der Waals surface area contributed by atoms with Crippen LogP contribution in [0, 0.1) is 0 Å². The van der Waals surface area contributed by atoms with Gasteiger partial charge in [0, 0.05) is 0 Å². The molecule has 0 N–H and O–H groups in total. The standard InChI is InChI=1S/C6H15B/c1-3-4-5-6(2)7/h6H,3-5,7H2,1-2H3. The highest BCUT2D eigenvalue weighted by Crippen LogP contribution is 2.07. The van der Waals surface area contributed by atoms with Gasteiger partial charge in [0.15, 0.2) is 0 Å². The van der Waals surface area contributed by atoms with E-state index >= 15 is 0 Å². The maximum absolute atomic E-state index is 2.27. The van der Waals surface area contributed by atoms with Gasteiger partial charge in [-0.2, -0.15) is 0 Å². The molecule has 0 aromatic rings. The molecule has 0 radical (unpaired) electrons. The molecule has 0 aliphatic heterocycles. The van der Waals surface area contributed by atoms with Crippen molar-refractivity contribution >= 4 is 7.85 Å². The molecule has 1 heteroatoms. The molecule has 0 nitrogen and oxygen atoms in total. The average Bonchev–Trinajstić information content (AvgIpc) is 1.61. The summed E-state index contributed by atoms with van der Waals surface area (Å²) in [5, 5.41) is 0. The van der Waals surface area contributed by atoms with Gasteiger partial charge in [0.1, 0.15) is 7.85 Å². The molecular formula is C6H15B. The summed E-state index contributed by atoms with van der Waals surface area (Å²) >= 11 is 0. The molecule has 0 saturated heterocycles. The van der Waals surface area contributed by atoms with Crippen LogP contribution in [0.25, 0.3) is 0 Å². The molecule has 0 aromatic carbocycles. The van der Waals surface area contributed by atoms with E-state index in [0.29, 0.717) is 0 Å². The van der Waals surface area contributed by atoms with Crippen molar-refractivity contribution in [2.45, 2.75) is 38.9 Å². The Labute approximate surface area is 47.7 Å². The van der Waals surface area contributed by atoms with Crippen molar-refractivity contribution in [3.8, 4) is 0 Å². The zero-order chi connectivity index (χ0) is 5.70. The van der Waals surface area contributed by atoms with Crippen molar-refractivity contribution in [1.82, 2.24) is 0 Å². The van der Waals surface area contributed by atoms with Crippen LogP contribution in [0.3, 0.4) is 0 Å². The van der Waals surface area contributed by atoms with Crippen LogP contribution in [0.4, 0.5) is 0 Å². The van der Waals surface area contributed by atoms with Gasteiger partial charge in [0.25, 0.3) is 0 Å². The second-order valence-electron chi connectivity index (χ2n) is 2.54. The van der Waals surface area contributed by atoms with Gasteiger partial charge in [-0.15, -0.1) is 0 Å². The lowest BCUT2D eigenvalue weighted by Gasteiger charge is -1.98. The first-order valence-corrected chi connectivity index (χ1v) is 3.27. The summed E-state index contributed by atoms with van der Waals surface area (Å²) < 4.78 is 0. The van der Waals surface area contributed by atoms with Crippen molar-refractivity contribution in [2.24, 2.45) is 0 Å². The fourth-order valence-electron chi connectivity index (χ4n) is 0.612. The molecule has 0 heterocycles. The van der Waals surface area contributed by atoms with Gasteiger partial charge in [-0.05, 0) is 0 Å². The summed E-state index contributed by atoms with van der Waals surface area (Å²) in [6.07, 6.45) is 4.15. The van der Waals surface area contributed by atoms with Crippen LogP contribution in [0.1, 0.15) is 33.1 Å². The van der Waals surface area contributed by atoms with E-state index < -0.39 is 0 Å². The van der Waals surface area contributed by atoms with E-state index in [1.807, 2.05) is 0 Å². The zero-order valence-electron chi connectivity index (χ0n) is 5.70. The van der Waals surface area contributed by atoms with Crippen molar-refractivity contribution in [3.63, 3.8) is 0 Å². The lowest BCUT2D eigenvalue weighted by Crippen LogP contribution is -1.82. The van der Waals surface area contributed by atoms with Gasteiger partial charge < -0.3 is 0 Å². The van der Waals surface area contributed by atoms with E-state index in [-0.39, 0.29) is 0 Å². The lowest BCUT2D eigenvalue weighted by atomic mass is 9.85. The van der Waals surface area contributed by atoms with Crippen molar-refractivity contribution in [2.75, 3.05) is 0 Å². The van der Waals surface area contributed by atoms with E-state index in [0.717, 1.165) is 5.82 Å². The molecule has 0 amide bonds. The predicted molar refractivity (Wildman–Crippen MR) is 37.5 cm³/mol. The fourth-order valence-corrected chi connectivity index (χ4v) is 0.612. The minimum absolute atomic E-state index is 0.903. The van der Waals surface area contributed by atoms with Gasteiger partial charge in [-0.1, -0.05) is 38.9 Å². The van der Waals surface area contributed by atoms with Gasteiger partial charge in [-0.25, -0.2) is 0 Å². The molecule has 1 atom stereocenters. The highest BCUT2D eigenvalue weighted by Gasteiger charge is 1.89. The maximum Gasteiger partial charge on any atom is 0.105 e. The van der Waals surface area contributed by atoms with E-state index in [4.69, 9.17) is 0 Å². The number of rotatable bonds is 3. The Morgan fingerprint density at radius 1 is 1.57 bits per heavy atom. The minimum atomic E-state index is 0.903. The number of hydrogen-bond donors (Lipinski definition) is 0. The maximum atomic E-state index is 2.27. The third-order valence-corrected chi connectivity index (χ3v) is 1.14. The molecule has 0 fully saturated rings. The second kappa shape index (κ2) is 4.23. The molecular weight excluding hydrogens is 82.9 g/mol. The first-order valence-electron chi connectivity index (χ1n) is 3.27. The van der Waals surface area contributed by atoms with Crippen LogP contribution >= 0.6 is 0 Å². The fraction of sp³-hybridized carbons (Fsp3) is 1.00. The SMILES string of the molecule is BC(C)CCCC. The molecule has 0 saturated carbocycles. The summed E-state index contributed by atoms with van der Waals surface area (Å²) in [7, 11) is 2.27. The molecule has 0 spiro atoms. The summed E-state index contributed by atoms with van der Waals surface area (Å²) in [6, 6.07) is 0. The summed E-state index contributed by atoms with van der Waals surface area (Å²) in [6.45, 7) is 4.51. The Hall–Kier alpha value is 0.0649. The largest absolute Gasteiger partial charge is 0.105 e. The number of hydrogen-bond acceptors (Lipinski definition) is 0. The van der Waals surface area contributed by atoms with Crippen molar-refractivity contribution in [1.29, 1.82) is 0 Å². The average molecular weight is 98.0 g/mol. The number of unbranched alkanes of at least 4 members (excludes halogenated alkanes) is 1. The van der Waals surface area contributed by atoms with E-state index in [1.165, 1.54) is 19.3 Å². The molecule has 0 rings (SSSR count). The Bertz CT molecular complexity index is 33.2. The normalized spacial score (nSPS) is 14.0. The third-order valence-electron chi connectivity index (χ3n) is 1.14. The molecule has 0 aromatic heterocycles. The predicted octanol–water partition coefficient (Wildman–Crippen LogP) is 1.62. The van der Waals surface area contributed by atoms with Crippen molar-refractivity contribution < 1.29 is 0 Å². The van der Waals surface area contributed by atoms with Crippen LogP contribution < -0.4 is 0 Å². The van der Waals surface area contributed by atoms with E-state index in [1.54, 1.807) is 0 Å². The van der Waals surface area contributed by atoms with Gasteiger partial charge in [0.2, 0.25) is 0 Å². The Kier molecular flexibility index (Phi) is 4.27. The highest BCUT2D eigenvalue weighted by molar-refractivity contribution is 6.11. The topological polar surface area (TPSA) is 0 Å². The van der Waals surface area contributed by atoms with Gasteiger partial charge in [-0.3, -0.25) is 0 Å². The zero-order valence-corrected chi connectivity index (χ0v) is 5.70. The van der Waals surface area contributed by atoms with Gasteiger partial charge >= 0.3 is 0 Å². The Morgan fingerprint density at radius 3 is 2.29 bits per heavy atom. The second-order valence-corrected chi connectivity index (χ2v) is 2.54. The molecule has 1 unspecified atom stereocenters. The summed E-state index contributed by atoms with van der Waals surface area (Å²) in [5.41, 5.74) is 0. The Balaban J connectivity index is 2.68. The summed E-state index contributed by atoms with van der Waals surface area (Å²) in [5.74, 6) is 0.903. The quantitative estimate of drug-likeness (QED) is 0.470. The van der Waals surface area contributed by atoms with Gasteiger partial charge in [0.05, 0.1) is 0 Å². The van der Waals surface area contributed by atoms with Crippen molar-refractivity contribution in [3.05, 3.63) is 0 Å². The van der Waals surface area contributed by atoms with Crippen LogP contribution in [0.2, 0.25) is 5.82 Å². The minimum Gasteiger partial charge on any atom is -0.0725 e. The van der Waals surface area contributed by atoms with E-state index in [9.17, 15) is 0 Å². The third kappa shape index (κ3) is 6.06. The molecule has 7 heavy (non-hydrogen) atoms. The van der Waals surface area contributed by atoms with E-state index in [2.05, 4.69) is 21.7 Å². The molecule has 0 aliphatic carbocycles. The highest BCUT2D eigenvalue weighted by atomic mass is 13.9. The molecule has 0 bridgehead atoms. The van der Waals surface area contributed by atoms with Crippen LogP contribution in [-0.2, 0) is 0 Å². The van der Waals surface area contributed by atoms with Crippen LogP contribution in [-0.4, -0.2) is 7.85 Å². The summed E-state index contributed by atoms with van der Waals surface area (Å²) in [4.78, 5) is 0. The van der Waals surface area contributed by atoms with Crippen LogP contribution in [0.15, 0.2) is 0 Å². The molecule has 42 valence electrons. The monoisotopic (exact) mass is 98.1 g/mol. The molecule has 0 aliphatic rings.